The average molecular weight is 423 g/mol. The molecule has 8 heteroatoms. The molecule has 0 radical (unpaired) electrons. The summed E-state index contributed by atoms with van der Waals surface area (Å²) in [6.07, 6.45) is 3.45. The highest BCUT2D eigenvalue weighted by molar-refractivity contribution is 5.90. The van der Waals surface area contributed by atoms with E-state index < -0.39 is 0 Å². The first-order valence-electron chi connectivity index (χ1n) is 10.5. The fourth-order valence-electron chi connectivity index (χ4n) is 4.24. The number of benzene rings is 2. The molecule has 0 spiro atoms. The number of aromatic amines is 1. The highest BCUT2D eigenvalue weighted by Gasteiger charge is 2.20. The standard InChI is InChI=1S/C24H21N7O/c1-14-2-4-19-18(8-14)23(28-13-27-19)31-6-7-32-21-5-3-15(9-17(21)12-31)16-10-20-22(26-11-16)30-24(25)29-20/h2-5,8-11,13H,6-7,12H2,1H3,(H3,25,26,29,30). The van der Waals surface area contributed by atoms with E-state index in [4.69, 9.17) is 10.5 Å². The first kappa shape index (κ1) is 18.6. The van der Waals surface area contributed by atoms with E-state index in [2.05, 4.69) is 61.0 Å². The van der Waals surface area contributed by atoms with Crippen LogP contribution >= 0.6 is 0 Å². The molecule has 8 nitrogen and oxygen atoms in total. The van der Waals surface area contributed by atoms with Crippen molar-refractivity contribution in [3.8, 4) is 16.9 Å². The van der Waals surface area contributed by atoms with Gasteiger partial charge in [0.15, 0.2) is 11.6 Å². The zero-order chi connectivity index (χ0) is 21.7. The smallest absolute Gasteiger partial charge is 0.200 e. The number of nitrogens with two attached hydrogens (primary N) is 1. The Labute approximate surface area is 184 Å². The summed E-state index contributed by atoms with van der Waals surface area (Å²) < 4.78 is 6.07. The number of pyridine rings is 1. The van der Waals surface area contributed by atoms with Gasteiger partial charge in [0.25, 0.3) is 0 Å². The predicted molar refractivity (Wildman–Crippen MR) is 125 cm³/mol. The molecule has 3 N–H and O–H groups in total. The molecule has 0 aliphatic carbocycles. The molecule has 1 aliphatic heterocycles. The number of rotatable bonds is 2. The predicted octanol–water partition coefficient (Wildman–Crippen LogP) is 3.86. The van der Waals surface area contributed by atoms with Crippen LogP contribution in [-0.4, -0.2) is 38.1 Å². The third kappa shape index (κ3) is 3.17. The van der Waals surface area contributed by atoms with Gasteiger partial charge in [0.05, 0.1) is 17.6 Å². The van der Waals surface area contributed by atoms with Crippen molar-refractivity contribution in [2.24, 2.45) is 0 Å². The Balaban J connectivity index is 1.40. The van der Waals surface area contributed by atoms with E-state index in [1.807, 2.05) is 24.4 Å². The lowest BCUT2D eigenvalue weighted by molar-refractivity contribution is 0.331. The lowest BCUT2D eigenvalue weighted by Crippen LogP contribution is -2.26. The van der Waals surface area contributed by atoms with Crippen LogP contribution in [0.2, 0.25) is 0 Å². The van der Waals surface area contributed by atoms with Gasteiger partial charge in [0.2, 0.25) is 0 Å². The van der Waals surface area contributed by atoms with E-state index in [0.29, 0.717) is 24.7 Å². The van der Waals surface area contributed by atoms with Crippen LogP contribution in [0.4, 0.5) is 11.8 Å². The minimum absolute atomic E-state index is 0.364. The van der Waals surface area contributed by atoms with Gasteiger partial charge < -0.3 is 20.4 Å². The molecular formula is C24H21N7O. The second kappa shape index (κ2) is 7.19. The lowest BCUT2D eigenvalue weighted by atomic mass is 10.0. The van der Waals surface area contributed by atoms with Crippen molar-refractivity contribution in [3.05, 3.63) is 66.1 Å². The van der Waals surface area contributed by atoms with Gasteiger partial charge in [-0.05, 0) is 42.8 Å². The number of hydrogen-bond acceptors (Lipinski definition) is 7. The molecule has 0 amide bonds. The second-order valence-corrected chi connectivity index (χ2v) is 8.03. The molecule has 0 saturated heterocycles. The minimum Gasteiger partial charge on any atom is -0.491 e. The fraction of sp³-hybridized carbons (Fsp3) is 0.167. The van der Waals surface area contributed by atoms with Gasteiger partial charge in [-0.2, -0.15) is 4.98 Å². The van der Waals surface area contributed by atoms with Gasteiger partial charge in [0.1, 0.15) is 24.5 Å². The van der Waals surface area contributed by atoms with Gasteiger partial charge in [-0.1, -0.05) is 17.7 Å². The number of anilines is 2. The van der Waals surface area contributed by atoms with Crippen molar-refractivity contribution < 1.29 is 4.74 Å². The molecule has 5 aromatic rings. The fourth-order valence-corrected chi connectivity index (χ4v) is 4.24. The largest absolute Gasteiger partial charge is 0.491 e. The number of nitrogens with zero attached hydrogens (tertiary/aromatic N) is 5. The molecule has 0 saturated carbocycles. The molecule has 158 valence electrons. The molecule has 32 heavy (non-hydrogen) atoms. The molecular weight excluding hydrogens is 402 g/mol. The molecule has 0 atom stereocenters. The van der Waals surface area contributed by atoms with E-state index in [9.17, 15) is 0 Å². The number of imidazole rings is 1. The van der Waals surface area contributed by atoms with Crippen LogP contribution < -0.4 is 15.4 Å². The van der Waals surface area contributed by atoms with Gasteiger partial charge in [0, 0.05) is 29.3 Å². The maximum atomic E-state index is 6.07. The Kier molecular flexibility index (Phi) is 4.17. The van der Waals surface area contributed by atoms with Gasteiger partial charge in [-0.25, -0.2) is 15.0 Å². The summed E-state index contributed by atoms with van der Waals surface area (Å²) in [6.45, 7) is 4.10. The number of fused-ring (bicyclic) bond motifs is 3. The summed E-state index contributed by atoms with van der Waals surface area (Å²) in [7, 11) is 0. The Morgan fingerprint density at radius 2 is 1.97 bits per heavy atom. The van der Waals surface area contributed by atoms with Crippen LogP contribution in [0.15, 0.2) is 55.0 Å². The molecule has 2 aromatic carbocycles. The monoisotopic (exact) mass is 423 g/mol. The molecule has 0 unspecified atom stereocenters. The van der Waals surface area contributed by atoms with Crippen molar-refractivity contribution in [1.29, 1.82) is 0 Å². The quantitative estimate of drug-likeness (QED) is 0.444. The van der Waals surface area contributed by atoms with Crippen molar-refractivity contribution >= 4 is 33.8 Å². The van der Waals surface area contributed by atoms with Gasteiger partial charge >= 0.3 is 0 Å². The molecule has 6 rings (SSSR count). The third-order valence-corrected chi connectivity index (χ3v) is 5.80. The van der Waals surface area contributed by atoms with E-state index in [-0.39, 0.29) is 0 Å². The molecule has 4 heterocycles. The summed E-state index contributed by atoms with van der Waals surface area (Å²) >= 11 is 0. The zero-order valence-electron chi connectivity index (χ0n) is 17.5. The number of nitrogen functional groups attached to an aromatic ring is 1. The average Bonchev–Trinajstić information content (AvgIpc) is 3.04. The van der Waals surface area contributed by atoms with E-state index in [1.54, 1.807) is 6.33 Å². The summed E-state index contributed by atoms with van der Waals surface area (Å²) in [5.41, 5.74) is 12.5. The van der Waals surface area contributed by atoms with Gasteiger partial charge in [-0.3, -0.25) is 0 Å². The normalized spacial score (nSPS) is 13.7. The Hall–Kier alpha value is -4.20. The second-order valence-electron chi connectivity index (χ2n) is 8.03. The van der Waals surface area contributed by atoms with Crippen molar-refractivity contribution in [2.75, 3.05) is 23.8 Å². The maximum absolute atomic E-state index is 6.07. The SMILES string of the molecule is Cc1ccc2ncnc(N3CCOc4ccc(-c5cnc6nc(N)[nH]c6c5)cc4C3)c2c1. The van der Waals surface area contributed by atoms with Crippen molar-refractivity contribution in [3.63, 3.8) is 0 Å². The van der Waals surface area contributed by atoms with Crippen LogP contribution in [-0.2, 0) is 6.54 Å². The van der Waals surface area contributed by atoms with Crippen LogP contribution in [0, 0.1) is 6.92 Å². The van der Waals surface area contributed by atoms with Crippen LogP contribution in [0.1, 0.15) is 11.1 Å². The topological polar surface area (TPSA) is 106 Å². The first-order valence-corrected chi connectivity index (χ1v) is 10.5. The molecule has 3 aromatic heterocycles. The highest BCUT2D eigenvalue weighted by Crippen LogP contribution is 2.33. The van der Waals surface area contributed by atoms with Gasteiger partial charge in [-0.15, -0.1) is 0 Å². The van der Waals surface area contributed by atoms with Crippen LogP contribution in [0.25, 0.3) is 33.2 Å². The van der Waals surface area contributed by atoms with Crippen LogP contribution in [0.3, 0.4) is 0 Å². The Morgan fingerprint density at radius 1 is 1.03 bits per heavy atom. The van der Waals surface area contributed by atoms with Crippen molar-refractivity contribution in [2.45, 2.75) is 13.5 Å². The number of aromatic nitrogens is 5. The van der Waals surface area contributed by atoms with E-state index in [0.717, 1.165) is 51.2 Å². The number of ether oxygens (including phenoxy) is 1. The lowest BCUT2D eigenvalue weighted by Gasteiger charge is -2.22. The third-order valence-electron chi connectivity index (χ3n) is 5.80. The van der Waals surface area contributed by atoms with Crippen LogP contribution in [0.5, 0.6) is 5.75 Å². The number of aryl methyl sites for hydroxylation is 1. The summed E-state index contributed by atoms with van der Waals surface area (Å²) in [5.74, 6) is 2.19. The zero-order valence-corrected chi connectivity index (χ0v) is 17.5. The number of hydrogen-bond donors (Lipinski definition) is 2. The summed E-state index contributed by atoms with van der Waals surface area (Å²) in [6, 6.07) is 14.5. The van der Waals surface area contributed by atoms with E-state index in [1.165, 1.54) is 5.56 Å². The van der Waals surface area contributed by atoms with E-state index >= 15 is 0 Å². The summed E-state index contributed by atoms with van der Waals surface area (Å²) in [5, 5.41) is 1.05. The Morgan fingerprint density at radius 3 is 2.91 bits per heavy atom. The molecule has 0 bridgehead atoms. The van der Waals surface area contributed by atoms with Crippen molar-refractivity contribution in [1.82, 2.24) is 24.9 Å². The number of nitrogens with one attached hydrogen (secondary N) is 1. The minimum atomic E-state index is 0.364. The molecule has 1 aliphatic rings. The summed E-state index contributed by atoms with van der Waals surface area (Å²) in [4.78, 5) is 23.0. The first-order chi connectivity index (χ1) is 15.6. The maximum Gasteiger partial charge on any atom is 0.200 e. The molecule has 0 fully saturated rings. The Bertz CT molecular complexity index is 1480. The highest BCUT2D eigenvalue weighted by atomic mass is 16.5. The number of H-pyrrole nitrogens is 1.